The zero-order chi connectivity index (χ0) is 14.4. The van der Waals surface area contributed by atoms with Gasteiger partial charge < -0.3 is 4.98 Å². The molecule has 4 aromatic rings. The summed E-state index contributed by atoms with van der Waals surface area (Å²) in [7, 11) is 0. The second-order valence-electron chi connectivity index (χ2n) is 5.42. The largest absolute Gasteiger partial charge is 0.354 e. The van der Waals surface area contributed by atoms with Crippen LogP contribution in [0.5, 0.6) is 0 Å². The van der Waals surface area contributed by atoms with Gasteiger partial charge in [0.05, 0.1) is 5.52 Å². The minimum atomic E-state index is 0.757. The molecule has 0 unspecified atom stereocenters. The van der Waals surface area contributed by atoms with E-state index in [1.54, 1.807) is 0 Å². The molecule has 21 heavy (non-hydrogen) atoms. The molecule has 0 aliphatic rings. The molecule has 0 saturated carbocycles. The highest BCUT2D eigenvalue weighted by molar-refractivity contribution is 6.31. The van der Waals surface area contributed by atoms with E-state index < -0.39 is 0 Å². The van der Waals surface area contributed by atoms with E-state index in [1.165, 1.54) is 33.0 Å². The Balaban J connectivity index is 2.14. The van der Waals surface area contributed by atoms with E-state index in [4.69, 9.17) is 11.6 Å². The molecule has 0 saturated heterocycles. The van der Waals surface area contributed by atoms with E-state index in [0.29, 0.717) is 0 Å². The molecule has 1 heterocycles. The summed E-state index contributed by atoms with van der Waals surface area (Å²) in [5, 5.41) is 3.22. The molecule has 0 aliphatic heterocycles. The second kappa shape index (κ2) is 4.64. The Morgan fingerprint density at radius 1 is 0.857 bits per heavy atom. The molecule has 102 valence electrons. The summed E-state index contributed by atoms with van der Waals surface area (Å²) in [4.78, 5) is 3.53. The highest BCUT2D eigenvalue weighted by Crippen LogP contribution is 2.35. The van der Waals surface area contributed by atoms with E-state index >= 15 is 0 Å². The number of benzene rings is 3. The normalized spacial score (nSPS) is 11.3. The predicted octanol–water partition coefficient (Wildman–Crippen LogP) is 5.95. The summed E-state index contributed by atoms with van der Waals surface area (Å²) < 4.78 is 0. The molecule has 0 bridgehead atoms. The highest BCUT2D eigenvalue weighted by Gasteiger charge is 2.10. The van der Waals surface area contributed by atoms with Crippen LogP contribution < -0.4 is 0 Å². The maximum Gasteiger partial charge on any atom is 0.0544 e. The zero-order valence-electron chi connectivity index (χ0n) is 11.7. The number of H-pyrrole nitrogens is 1. The maximum absolute atomic E-state index is 6.11. The lowest BCUT2D eigenvalue weighted by molar-refractivity contribution is 1.48. The number of rotatable bonds is 1. The van der Waals surface area contributed by atoms with Gasteiger partial charge in [0, 0.05) is 26.9 Å². The molecule has 0 radical (unpaired) electrons. The molecule has 3 aromatic carbocycles. The van der Waals surface area contributed by atoms with Gasteiger partial charge in [0.2, 0.25) is 0 Å². The first-order valence-corrected chi connectivity index (χ1v) is 7.37. The van der Waals surface area contributed by atoms with Crippen LogP contribution in [0.25, 0.3) is 32.9 Å². The van der Waals surface area contributed by atoms with Crippen molar-refractivity contribution in [2.24, 2.45) is 0 Å². The van der Waals surface area contributed by atoms with Crippen LogP contribution in [0, 0.1) is 6.92 Å². The van der Waals surface area contributed by atoms with Crippen molar-refractivity contribution in [3.63, 3.8) is 0 Å². The van der Waals surface area contributed by atoms with E-state index in [0.717, 1.165) is 10.5 Å². The third-order valence-corrected chi connectivity index (χ3v) is 4.13. The number of fused-ring (bicyclic) bond motifs is 3. The third kappa shape index (κ3) is 2.01. The van der Waals surface area contributed by atoms with Gasteiger partial charge >= 0.3 is 0 Å². The fourth-order valence-corrected chi connectivity index (χ4v) is 3.14. The lowest BCUT2D eigenvalue weighted by atomic mass is 9.99. The Morgan fingerprint density at radius 2 is 1.67 bits per heavy atom. The predicted molar refractivity (Wildman–Crippen MR) is 91.0 cm³/mol. The highest BCUT2D eigenvalue weighted by atomic mass is 35.5. The van der Waals surface area contributed by atoms with Gasteiger partial charge in [-0.2, -0.15) is 0 Å². The fourth-order valence-electron chi connectivity index (χ4n) is 2.97. The van der Waals surface area contributed by atoms with E-state index in [9.17, 15) is 0 Å². The van der Waals surface area contributed by atoms with Gasteiger partial charge in [0.25, 0.3) is 0 Å². The number of aromatic nitrogens is 1. The van der Waals surface area contributed by atoms with Crippen molar-refractivity contribution in [2.45, 2.75) is 6.92 Å². The first-order chi connectivity index (χ1) is 10.2. The Labute approximate surface area is 128 Å². The average molecular weight is 292 g/mol. The van der Waals surface area contributed by atoms with Crippen LogP contribution in [0.15, 0.2) is 60.7 Å². The molecule has 0 aliphatic carbocycles. The van der Waals surface area contributed by atoms with Gasteiger partial charge in [-0.3, -0.25) is 0 Å². The summed E-state index contributed by atoms with van der Waals surface area (Å²) in [6, 6.07) is 21.0. The second-order valence-corrected chi connectivity index (χ2v) is 5.85. The van der Waals surface area contributed by atoms with Crippen molar-refractivity contribution < 1.29 is 0 Å². The van der Waals surface area contributed by atoms with Crippen molar-refractivity contribution >= 4 is 33.4 Å². The Hall–Kier alpha value is -2.25. The number of nitrogens with one attached hydrogen (secondary N) is 1. The minimum absolute atomic E-state index is 0.757. The van der Waals surface area contributed by atoms with E-state index in [-0.39, 0.29) is 0 Å². The van der Waals surface area contributed by atoms with E-state index in [2.05, 4.69) is 54.4 Å². The number of aryl methyl sites for hydroxylation is 1. The van der Waals surface area contributed by atoms with Gasteiger partial charge in [-0.1, -0.05) is 48.0 Å². The van der Waals surface area contributed by atoms with Crippen LogP contribution in [0.3, 0.4) is 0 Å². The molecule has 4 rings (SSSR count). The number of aromatic amines is 1. The summed E-state index contributed by atoms with van der Waals surface area (Å²) in [6.07, 6.45) is 0. The van der Waals surface area contributed by atoms with Crippen LogP contribution in [-0.4, -0.2) is 4.98 Å². The minimum Gasteiger partial charge on any atom is -0.354 e. The lowest BCUT2D eigenvalue weighted by Gasteiger charge is -2.05. The molecular weight excluding hydrogens is 278 g/mol. The van der Waals surface area contributed by atoms with Gasteiger partial charge in [-0.25, -0.2) is 0 Å². The van der Waals surface area contributed by atoms with Crippen molar-refractivity contribution in [2.75, 3.05) is 0 Å². The lowest BCUT2D eigenvalue weighted by Crippen LogP contribution is -1.82. The summed E-state index contributed by atoms with van der Waals surface area (Å²) in [6.45, 7) is 2.14. The van der Waals surface area contributed by atoms with Crippen LogP contribution >= 0.6 is 11.6 Å². The third-order valence-electron chi connectivity index (χ3n) is 3.90. The Morgan fingerprint density at radius 3 is 2.48 bits per heavy atom. The molecule has 0 spiro atoms. The quantitative estimate of drug-likeness (QED) is 0.446. The fraction of sp³-hybridized carbons (Fsp3) is 0.0526. The monoisotopic (exact) mass is 291 g/mol. The molecule has 0 amide bonds. The van der Waals surface area contributed by atoms with Crippen molar-refractivity contribution in [1.29, 1.82) is 0 Å². The zero-order valence-corrected chi connectivity index (χ0v) is 12.4. The first-order valence-electron chi connectivity index (χ1n) is 6.99. The van der Waals surface area contributed by atoms with Crippen molar-refractivity contribution in [3.05, 3.63) is 71.2 Å². The molecule has 1 nitrogen and oxygen atoms in total. The first kappa shape index (κ1) is 12.5. The topological polar surface area (TPSA) is 15.8 Å². The molecule has 0 fully saturated rings. The summed E-state index contributed by atoms with van der Waals surface area (Å²) >= 11 is 6.11. The van der Waals surface area contributed by atoms with Crippen molar-refractivity contribution in [1.82, 2.24) is 4.98 Å². The van der Waals surface area contributed by atoms with E-state index in [1.807, 2.05) is 18.2 Å². The molecule has 1 N–H and O–H groups in total. The van der Waals surface area contributed by atoms with Crippen LogP contribution in [0.2, 0.25) is 5.02 Å². The van der Waals surface area contributed by atoms with Crippen molar-refractivity contribution in [3.8, 4) is 11.1 Å². The number of hydrogen-bond acceptors (Lipinski definition) is 0. The van der Waals surface area contributed by atoms with Gasteiger partial charge in [-0.05, 0) is 42.3 Å². The molecular formula is C19H14ClN. The van der Waals surface area contributed by atoms with Gasteiger partial charge in [0.15, 0.2) is 0 Å². The Kier molecular flexibility index (Phi) is 2.76. The van der Waals surface area contributed by atoms with Crippen LogP contribution in [-0.2, 0) is 0 Å². The maximum atomic E-state index is 6.11. The molecule has 2 heteroatoms. The van der Waals surface area contributed by atoms with Gasteiger partial charge in [-0.15, -0.1) is 0 Å². The smallest absolute Gasteiger partial charge is 0.0544 e. The van der Waals surface area contributed by atoms with Crippen LogP contribution in [0.1, 0.15) is 5.56 Å². The Bertz CT molecular complexity index is 952. The standard InChI is InChI=1S/C19H14ClN/c1-12-9-16(13-5-3-2-4-6-13)19-17(10-12)15-8-7-14(20)11-18(15)21-19/h2-11,21H,1H3. The SMILES string of the molecule is Cc1cc(-c2ccccc2)c2[nH]c3cc(Cl)ccc3c2c1. The van der Waals surface area contributed by atoms with Gasteiger partial charge in [0.1, 0.15) is 0 Å². The number of hydrogen-bond donors (Lipinski definition) is 1. The summed E-state index contributed by atoms with van der Waals surface area (Å²) in [5.41, 5.74) is 5.98. The number of halogens is 1. The average Bonchev–Trinajstić information content (AvgIpc) is 2.84. The molecule has 1 aromatic heterocycles. The summed E-state index contributed by atoms with van der Waals surface area (Å²) in [5.74, 6) is 0. The van der Waals surface area contributed by atoms with Crippen LogP contribution in [0.4, 0.5) is 0 Å². The molecule has 0 atom stereocenters.